The van der Waals surface area contributed by atoms with Crippen LogP contribution in [0.2, 0.25) is 0 Å². The molecule has 2 aliphatic rings. The minimum atomic E-state index is -0.305. The van der Waals surface area contributed by atoms with Gasteiger partial charge in [-0.05, 0) is 31.9 Å². The Kier molecular flexibility index (Phi) is 4.21. The third-order valence-corrected chi connectivity index (χ3v) is 5.91. The zero-order valence-electron chi connectivity index (χ0n) is 14.5. The van der Waals surface area contributed by atoms with Gasteiger partial charge in [0.25, 0.3) is 5.91 Å². The summed E-state index contributed by atoms with van der Waals surface area (Å²) in [6.07, 6.45) is 2.12. The first-order valence-corrected chi connectivity index (χ1v) is 9.09. The van der Waals surface area contributed by atoms with Crippen molar-refractivity contribution in [3.05, 3.63) is 42.1 Å². The molecule has 1 N–H and O–H groups in total. The minimum Gasteiger partial charge on any atom is -0.392 e. The molecule has 1 aliphatic carbocycles. The summed E-state index contributed by atoms with van der Waals surface area (Å²) < 4.78 is 5.79. The Morgan fingerprint density at radius 1 is 1.28 bits per heavy atom. The molecule has 2 aromatic rings. The third-order valence-electron chi connectivity index (χ3n) is 5.91. The molecule has 1 aromatic heterocycles. The van der Waals surface area contributed by atoms with Gasteiger partial charge in [-0.2, -0.15) is 0 Å². The molecule has 4 rings (SSSR count). The summed E-state index contributed by atoms with van der Waals surface area (Å²) in [5.74, 6) is -0.0256. The van der Waals surface area contributed by atoms with Crippen LogP contribution in [0, 0.1) is 5.41 Å². The van der Waals surface area contributed by atoms with E-state index in [1.165, 1.54) is 0 Å². The van der Waals surface area contributed by atoms with Gasteiger partial charge >= 0.3 is 0 Å². The van der Waals surface area contributed by atoms with Crippen LogP contribution in [0.4, 0.5) is 0 Å². The highest BCUT2D eigenvalue weighted by molar-refractivity contribution is 5.95. The number of aromatic nitrogens is 1. The van der Waals surface area contributed by atoms with Crippen LogP contribution in [-0.4, -0.2) is 52.8 Å². The second-order valence-electron chi connectivity index (χ2n) is 7.11. The first-order chi connectivity index (χ1) is 12.1. The van der Waals surface area contributed by atoms with Crippen molar-refractivity contribution in [3.8, 4) is 0 Å². The van der Waals surface area contributed by atoms with E-state index in [4.69, 9.17) is 4.74 Å². The molecule has 0 radical (unpaired) electrons. The van der Waals surface area contributed by atoms with E-state index in [-0.39, 0.29) is 23.5 Å². The molecule has 5 heteroatoms. The Hall–Kier alpha value is -1.98. The number of carbonyl (C=O) groups excluding carboxylic acids is 1. The number of pyridine rings is 1. The van der Waals surface area contributed by atoms with Gasteiger partial charge in [-0.3, -0.25) is 4.79 Å². The number of hydrogen-bond acceptors (Lipinski definition) is 4. The summed E-state index contributed by atoms with van der Waals surface area (Å²) in [5, 5.41) is 11.3. The normalized spacial score (nSPS) is 25.1. The molecule has 132 valence electrons. The zero-order valence-corrected chi connectivity index (χ0v) is 14.5. The molecule has 1 aromatic carbocycles. The fourth-order valence-corrected chi connectivity index (χ4v) is 4.29. The van der Waals surface area contributed by atoms with Gasteiger partial charge in [-0.15, -0.1) is 0 Å². The van der Waals surface area contributed by atoms with Gasteiger partial charge in [-0.25, -0.2) is 4.98 Å². The standard InChI is InChI=1S/C20H24N2O3/c1-2-25-18-13-17(23)20(18)9-11-22(12-10-20)19(24)16-8-7-14-5-3-4-6-15(14)21-16/h3-8,17-18,23H,2,9-13H2,1H3/t17-,18+/m0/s1. The van der Waals surface area contributed by atoms with Gasteiger partial charge in [0.15, 0.2) is 0 Å². The molecule has 1 aliphatic heterocycles. The second-order valence-corrected chi connectivity index (χ2v) is 7.11. The van der Waals surface area contributed by atoms with Crippen LogP contribution in [0.15, 0.2) is 36.4 Å². The minimum absolute atomic E-state index is 0.0256. The van der Waals surface area contributed by atoms with Gasteiger partial charge < -0.3 is 14.7 Å². The maximum atomic E-state index is 12.8. The van der Waals surface area contributed by atoms with Crippen LogP contribution >= 0.6 is 0 Å². The highest BCUT2D eigenvalue weighted by atomic mass is 16.5. The van der Waals surface area contributed by atoms with Crippen molar-refractivity contribution in [3.63, 3.8) is 0 Å². The van der Waals surface area contributed by atoms with Crippen molar-refractivity contribution in [1.82, 2.24) is 9.88 Å². The number of ether oxygens (including phenoxy) is 1. The van der Waals surface area contributed by atoms with Crippen molar-refractivity contribution in [2.75, 3.05) is 19.7 Å². The van der Waals surface area contributed by atoms with Gasteiger partial charge in [0, 0.05) is 36.9 Å². The smallest absolute Gasteiger partial charge is 0.272 e. The van der Waals surface area contributed by atoms with Crippen molar-refractivity contribution < 1.29 is 14.6 Å². The number of likely N-dealkylation sites (tertiary alicyclic amines) is 1. The first kappa shape index (κ1) is 16.5. The number of hydrogen-bond donors (Lipinski definition) is 1. The highest BCUT2D eigenvalue weighted by Gasteiger charge is 2.56. The number of para-hydroxylation sites is 1. The summed E-state index contributed by atoms with van der Waals surface area (Å²) in [6.45, 7) is 3.95. The molecule has 1 amide bonds. The Balaban J connectivity index is 1.47. The van der Waals surface area contributed by atoms with Crippen molar-refractivity contribution in [1.29, 1.82) is 0 Å². The van der Waals surface area contributed by atoms with Crippen LogP contribution in [0.3, 0.4) is 0 Å². The second kappa shape index (κ2) is 6.39. The lowest BCUT2D eigenvalue weighted by atomic mass is 9.58. The molecule has 0 unspecified atom stereocenters. The Morgan fingerprint density at radius 2 is 2.04 bits per heavy atom. The SMILES string of the molecule is CCO[C@@H]1C[C@H](O)C12CCN(C(=O)c1ccc3ccccc3n1)CC2. The monoisotopic (exact) mass is 340 g/mol. The summed E-state index contributed by atoms with van der Waals surface area (Å²) in [4.78, 5) is 19.2. The molecule has 2 atom stereocenters. The highest BCUT2D eigenvalue weighted by Crippen LogP contribution is 2.51. The van der Waals surface area contributed by atoms with Gasteiger partial charge in [-0.1, -0.05) is 24.3 Å². The first-order valence-electron chi connectivity index (χ1n) is 9.09. The third kappa shape index (κ3) is 2.71. The van der Waals surface area contributed by atoms with E-state index < -0.39 is 0 Å². The molecule has 25 heavy (non-hydrogen) atoms. The molecule has 1 spiro atoms. The van der Waals surface area contributed by atoms with E-state index in [0.717, 1.165) is 23.7 Å². The molecule has 2 heterocycles. The zero-order chi connectivity index (χ0) is 17.4. The number of rotatable bonds is 3. The maximum Gasteiger partial charge on any atom is 0.272 e. The number of carbonyl (C=O) groups is 1. The quantitative estimate of drug-likeness (QED) is 0.933. The predicted molar refractivity (Wildman–Crippen MR) is 95.4 cm³/mol. The largest absolute Gasteiger partial charge is 0.392 e. The summed E-state index contributed by atoms with van der Waals surface area (Å²) in [7, 11) is 0. The molecule has 0 bridgehead atoms. The summed E-state index contributed by atoms with van der Waals surface area (Å²) in [6, 6.07) is 11.6. The van der Waals surface area contributed by atoms with Crippen LogP contribution in [0.1, 0.15) is 36.7 Å². The Bertz CT molecular complexity index is 781. The van der Waals surface area contributed by atoms with Crippen molar-refractivity contribution >= 4 is 16.8 Å². The number of fused-ring (bicyclic) bond motifs is 1. The van der Waals surface area contributed by atoms with Crippen molar-refractivity contribution in [2.45, 2.75) is 38.4 Å². The number of piperidine rings is 1. The summed E-state index contributed by atoms with van der Waals surface area (Å²) >= 11 is 0. The van der Waals surface area contributed by atoms with E-state index in [9.17, 15) is 9.90 Å². The topological polar surface area (TPSA) is 62.7 Å². The van der Waals surface area contributed by atoms with Crippen LogP contribution in [0.5, 0.6) is 0 Å². The summed E-state index contributed by atoms with van der Waals surface area (Å²) in [5.41, 5.74) is 1.17. The maximum absolute atomic E-state index is 12.8. The molecule has 1 saturated heterocycles. The van der Waals surface area contributed by atoms with Crippen LogP contribution < -0.4 is 0 Å². The van der Waals surface area contributed by atoms with E-state index in [1.807, 2.05) is 42.2 Å². The Labute approximate surface area is 147 Å². The number of aliphatic hydroxyl groups is 1. The molecule has 1 saturated carbocycles. The number of benzene rings is 1. The predicted octanol–water partition coefficient (Wildman–Crippen LogP) is 2.63. The molecule has 2 fully saturated rings. The van der Waals surface area contributed by atoms with E-state index in [1.54, 1.807) is 6.07 Å². The van der Waals surface area contributed by atoms with Gasteiger partial charge in [0.05, 0.1) is 17.7 Å². The average Bonchev–Trinajstić information content (AvgIpc) is 2.67. The molecular weight excluding hydrogens is 316 g/mol. The van der Waals surface area contributed by atoms with Crippen molar-refractivity contribution in [2.24, 2.45) is 5.41 Å². The number of nitrogens with zero attached hydrogens (tertiary/aromatic N) is 2. The van der Waals surface area contributed by atoms with Gasteiger partial charge in [0.2, 0.25) is 0 Å². The van der Waals surface area contributed by atoms with Crippen LogP contribution in [0.25, 0.3) is 10.9 Å². The van der Waals surface area contributed by atoms with E-state index in [0.29, 0.717) is 31.8 Å². The van der Waals surface area contributed by atoms with Gasteiger partial charge in [0.1, 0.15) is 5.69 Å². The number of aliphatic hydroxyl groups excluding tert-OH is 1. The molecule has 5 nitrogen and oxygen atoms in total. The lowest BCUT2D eigenvalue weighted by Crippen LogP contribution is -2.62. The Morgan fingerprint density at radius 3 is 2.76 bits per heavy atom. The fourth-order valence-electron chi connectivity index (χ4n) is 4.29. The van der Waals surface area contributed by atoms with E-state index in [2.05, 4.69) is 4.98 Å². The average molecular weight is 340 g/mol. The lowest BCUT2D eigenvalue weighted by molar-refractivity contribution is -0.207. The number of amides is 1. The lowest BCUT2D eigenvalue weighted by Gasteiger charge is -2.56. The van der Waals surface area contributed by atoms with Crippen LogP contribution in [-0.2, 0) is 4.74 Å². The van der Waals surface area contributed by atoms with E-state index >= 15 is 0 Å². The molecular formula is C20H24N2O3. The fraction of sp³-hybridized carbons (Fsp3) is 0.500.